The number of nitrogens with zero attached hydrogens (tertiary/aromatic N) is 3. The van der Waals surface area contributed by atoms with E-state index in [1.807, 2.05) is 36.4 Å². The molecule has 0 saturated carbocycles. The van der Waals surface area contributed by atoms with Crippen LogP contribution in [0.4, 0.5) is 0 Å². The average molecular weight is 668 g/mol. The molecule has 0 fully saturated rings. The molecule has 1 aliphatic rings. The number of para-hydroxylation sites is 3. The molecule has 0 amide bonds. The Balaban J connectivity index is 1.17. The Labute approximate surface area is 298 Å². The highest BCUT2D eigenvalue weighted by Crippen LogP contribution is 2.42. The highest BCUT2D eigenvalue weighted by Gasteiger charge is 2.23. The summed E-state index contributed by atoms with van der Waals surface area (Å²) < 4.78 is 12.8. The Kier molecular flexibility index (Phi) is 6.31. The van der Waals surface area contributed by atoms with Crippen molar-refractivity contribution in [1.29, 1.82) is 0 Å². The molecule has 3 aromatic heterocycles. The fraction of sp³-hybridized carbons (Fsp3) is 0.0426. The number of fused-ring (bicyclic) bond motifs is 9. The summed E-state index contributed by atoms with van der Waals surface area (Å²) in [4.78, 5) is 15.8. The Morgan fingerprint density at radius 1 is 0.404 bits per heavy atom. The van der Waals surface area contributed by atoms with Gasteiger partial charge in [-0.1, -0.05) is 121 Å². The van der Waals surface area contributed by atoms with E-state index in [0.717, 1.165) is 84.5 Å². The van der Waals surface area contributed by atoms with Gasteiger partial charge < -0.3 is 8.83 Å². The summed E-state index contributed by atoms with van der Waals surface area (Å²) in [6.45, 7) is 0. The maximum absolute atomic E-state index is 6.51. The molecule has 5 heteroatoms. The zero-order valence-corrected chi connectivity index (χ0v) is 28.0. The summed E-state index contributed by atoms with van der Waals surface area (Å²) in [6.07, 6.45) is 4.02. The van der Waals surface area contributed by atoms with Gasteiger partial charge >= 0.3 is 0 Å². The van der Waals surface area contributed by atoms with E-state index in [-0.39, 0.29) is 0 Å². The fourth-order valence-electron chi connectivity index (χ4n) is 8.02. The van der Waals surface area contributed by atoms with Crippen LogP contribution in [0.5, 0.6) is 0 Å². The molecule has 1 aliphatic carbocycles. The highest BCUT2D eigenvalue weighted by molar-refractivity contribution is 6.14. The molecule has 0 unspecified atom stereocenters. The van der Waals surface area contributed by atoms with Crippen molar-refractivity contribution in [2.75, 3.05) is 0 Å². The molecule has 10 aromatic rings. The maximum Gasteiger partial charge on any atom is 0.167 e. The second-order valence-electron chi connectivity index (χ2n) is 13.4. The van der Waals surface area contributed by atoms with Gasteiger partial charge in [0.25, 0.3) is 0 Å². The van der Waals surface area contributed by atoms with E-state index in [2.05, 4.69) is 115 Å². The zero-order valence-electron chi connectivity index (χ0n) is 28.0. The van der Waals surface area contributed by atoms with Crippen molar-refractivity contribution in [3.8, 4) is 33.9 Å². The van der Waals surface area contributed by atoms with Crippen molar-refractivity contribution >= 4 is 66.3 Å². The van der Waals surface area contributed by atoms with Crippen molar-refractivity contribution in [1.82, 2.24) is 15.0 Å². The molecule has 0 N–H and O–H groups in total. The van der Waals surface area contributed by atoms with E-state index in [1.54, 1.807) is 0 Å². The second-order valence-corrected chi connectivity index (χ2v) is 13.4. The molecule has 3 heterocycles. The van der Waals surface area contributed by atoms with E-state index in [1.165, 1.54) is 21.9 Å². The normalized spacial score (nSPS) is 13.0. The van der Waals surface area contributed by atoms with Crippen LogP contribution in [0.2, 0.25) is 0 Å². The fourth-order valence-corrected chi connectivity index (χ4v) is 8.02. The van der Waals surface area contributed by atoms with Gasteiger partial charge in [-0.05, 0) is 81.8 Å². The lowest BCUT2D eigenvalue weighted by atomic mass is 9.88. The van der Waals surface area contributed by atoms with E-state index < -0.39 is 0 Å². The molecule has 0 atom stereocenters. The first-order valence-corrected chi connectivity index (χ1v) is 17.7. The number of benzene rings is 7. The molecule has 7 aromatic carbocycles. The molecule has 0 aliphatic heterocycles. The van der Waals surface area contributed by atoms with Crippen molar-refractivity contribution in [3.05, 3.63) is 163 Å². The lowest BCUT2D eigenvalue weighted by Crippen LogP contribution is -2.07. The number of furan rings is 2. The van der Waals surface area contributed by atoms with Crippen molar-refractivity contribution < 1.29 is 8.83 Å². The summed E-state index contributed by atoms with van der Waals surface area (Å²) in [6, 6.07) is 50.3. The Bertz CT molecular complexity index is 3090. The van der Waals surface area contributed by atoms with E-state index in [9.17, 15) is 0 Å². The maximum atomic E-state index is 6.51. The quantitative estimate of drug-likeness (QED) is 0.187. The third-order valence-corrected chi connectivity index (χ3v) is 10.5. The molecule has 0 saturated heterocycles. The van der Waals surface area contributed by atoms with Crippen LogP contribution in [0.1, 0.15) is 23.4 Å². The molecule has 5 nitrogen and oxygen atoms in total. The number of aromatic nitrogens is 3. The Hall–Kier alpha value is -6.85. The Morgan fingerprint density at radius 3 is 1.90 bits per heavy atom. The van der Waals surface area contributed by atoms with Gasteiger partial charge in [0.15, 0.2) is 17.5 Å². The summed E-state index contributed by atoms with van der Waals surface area (Å²) >= 11 is 0. The molecule has 0 spiro atoms. The van der Waals surface area contributed by atoms with Gasteiger partial charge in [-0.3, -0.25) is 0 Å². The van der Waals surface area contributed by atoms with Crippen LogP contribution >= 0.6 is 0 Å². The van der Waals surface area contributed by atoms with Crippen LogP contribution in [0.3, 0.4) is 0 Å². The van der Waals surface area contributed by atoms with Gasteiger partial charge in [0.1, 0.15) is 22.3 Å². The zero-order chi connectivity index (χ0) is 34.2. The van der Waals surface area contributed by atoms with Crippen LogP contribution in [-0.4, -0.2) is 15.0 Å². The molecular weight excluding hydrogens is 639 g/mol. The van der Waals surface area contributed by atoms with E-state index in [4.69, 9.17) is 23.8 Å². The first-order chi connectivity index (χ1) is 25.8. The van der Waals surface area contributed by atoms with Crippen LogP contribution in [-0.2, 0) is 6.42 Å². The van der Waals surface area contributed by atoms with Crippen molar-refractivity contribution in [2.24, 2.45) is 0 Å². The second kappa shape index (κ2) is 11.3. The SMILES string of the molecule is C1=C(c2nc(-c3ccccc3-c3cccc4oc5ccccc5c34)nc(-c3cccc4c3oc3ccccc34)n2)CCc2ccc3ccccc3c21. The largest absolute Gasteiger partial charge is 0.456 e. The van der Waals surface area contributed by atoms with Crippen LogP contribution in [0.15, 0.2) is 154 Å². The summed E-state index contributed by atoms with van der Waals surface area (Å²) in [5, 5.41) is 6.72. The molecule has 244 valence electrons. The molecular formula is C47H29N3O2. The summed E-state index contributed by atoms with van der Waals surface area (Å²) in [7, 11) is 0. The lowest BCUT2D eigenvalue weighted by molar-refractivity contribution is 0.669. The van der Waals surface area contributed by atoms with Crippen LogP contribution in [0, 0.1) is 0 Å². The predicted octanol–water partition coefficient (Wildman–Crippen LogP) is 12.3. The Morgan fingerprint density at radius 2 is 1.02 bits per heavy atom. The molecule has 0 radical (unpaired) electrons. The van der Waals surface area contributed by atoms with Crippen molar-refractivity contribution in [3.63, 3.8) is 0 Å². The summed E-state index contributed by atoms with van der Waals surface area (Å²) in [5.41, 5.74) is 10.8. The number of hydrogen-bond donors (Lipinski definition) is 0. The summed E-state index contributed by atoms with van der Waals surface area (Å²) in [5.74, 6) is 1.86. The van der Waals surface area contributed by atoms with Gasteiger partial charge in [-0.25, -0.2) is 15.0 Å². The van der Waals surface area contributed by atoms with Gasteiger partial charge in [-0.15, -0.1) is 0 Å². The van der Waals surface area contributed by atoms with Gasteiger partial charge in [-0.2, -0.15) is 0 Å². The smallest absolute Gasteiger partial charge is 0.167 e. The standard InChI is InChI=1S/C47H29N3O2/c1-2-12-31-28(11-1)23-24-29-25-26-30(27-39(29)31)45-48-46(50-47(49-45)38-19-9-18-35-33-14-5-7-20-40(33)52-44(35)38)36-15-4-3-13-32(36)34-17-10-22-42-43(34)37-16-6-8-21-41(37)51-42/h1-24,27H,25-26H2. The van der Waals surface area contributed by atoms with Gasteiger partial charge in [0.05, 0.1) is 5.56 Å². The number of hydrogen-bond acceptors (Lipinski definition) is 5. The average Bonchev–Trinajstić information content (AvgIpc) is 3.79. The molecule has 0 bridgehead atoms. The topological polar surface area (TPSA) is 65.0 Å². The van der Waals surface area contributed by atoms with Gasteiger partial charge in [0.2, 0.25) is 0 Å². The molecule has 52 heavy (non-hydrogen) atoms. The number of rotatable bonds is 4. The van der Waals surface area contributed by atoms with E-state index in [0.29, 0.717) is 17.5 Å². The highest BCUT2D eigenvalue weighted by atomic mass is 16.3. The van der Waals surface area contributed by atoms with Crippen LogP contribution < -0.4 is 0 Å². The minimum atomic E-state index is 0.580. The van der Waals surface area contributed by atoms with E-state index >= 15 is 0 Å². The predicted molar refractivity (Wildman–Crippen MR) is 211 cm³/mol. The minimum absolute atomic E-state index is 0.580. The number of aryl methyl sites for hydroxylation is 1. The van der Waals surface area contributed by atoms with Crippen LogP contribution in [0.25, 0.3) is 100 Å². The van der Waals surface area contributed by atoms with Gasteiger partial charge in [0, 0.05) is 27.1 Å². The third-order valence-electron chi connectivity index (χ3n) is 10.5. The first kappa shape index (κ1) is 28.9. The third kappa shape index (κ3) is 4.46. The monoisotopic (exact) mass is 667 g/mol. The minimum Gasteiger partial charge on any atom is -0.456 e. The molecule has 11 rings (SSSR count). The lowest BCUT2D eigenvalue weighted by Gasteiger charge is -2.19. The first-order valence-electron chi connectivity index (χ1n) is 17.7. The number of allylic oxidation sites excluding steroid dienone is 1. The van der Waals surface area contributed by atoms with Crippen molar-refractivity contribution in [2.45, 2.75) is 12.8 Å².